The second-order valence-electron chi connectivity index (χ2n) is 3.81. The van der Waals surface area contributed by atoms with E-state index in [1.807, 2.05) is 19.1 Å². The number of benzene rings is 1. The quantitative estimate of drug-likeness (QED) is 0.430. The van der Waals surface area contributed by atoms with Gasteiger partial charge in [-0.1, -0.05) is 35.0 Å². The first-order valence-electron chi connectivity index (χ1n) is 4.96. The third kappa shape index (κ3) is 1.74. The molecular weight excluding hydrogens is 206 g/mol. The minimum Gasteiger partial charge on any atom is -0.317 e. The zero-order chi connectivity index (χ0) is 11.7. The lowest BCUT2D eigenvalue weighted by molar-refractivity contribution is -0.142. The van der Waals surface area contributed by atoms with Gasteiger partial charge in [0.2, 0.25) is 0 Å². The van der Waals surface area contributed by atoms with E-state index in [4.69, 9.17) is 0 Å². The monoisotopic (exact) mass is 217 g/mol. The molecule has 1 atom stereocenters. The van der Waals surface area contributed by atoms with E-state index in [1.54, 1.807) is 19.1 Å². The topological polar surface area (TPSA) is 55.7 Å². The fourth-order valence-electron chi connectivity index (χ4n) is 1.57. The van der Waals surface area contributed by atoms with E-state index in [-0.39, 0.29) is 5.78 Å². The lowest BCUT2D eigenvalue weighted by Gasteiger charge is -2.05. The standard InChI is InChI=1S/C12H11NO3/c1-7-3-5-9(6-4-7)11(14)10-8(2)13-16-12(10)15/h3-6,10H,1-2H3. The summed E-state index contributed by atoms with van der Waals surface area (Å²) in [6, 6.07) is 7.08. The summed E-state index contributed by atoms with van der Waals surface area (Å²) in [5.41, 5.74) is 1.98. The molecule has 0 spiro atoms. The van der Waals surface area contributed by atoms with Gasteiger partial charge in [0, 0.05) is 5.56 Å². The molecule has 0 fully saturated rings. The molecule has 0 saturated carbocycles. The van der Waals surface area contributed by atoms with Gasteiger partial charge in [-0.3, -0.25) is 4.79 Å². The molecule has 2 rings (SSSR count). The van der Waals surface area contributed by atoms with Gasteiger partial charge in [0.25, 0.3) is 0 Å². The number of oxime groups is 1. The predicted molar refractivity (Wildman–Crippen MR) is 58.2 cm³/mol. The molecule has 1 heterocycles. The second kappa shape index (κ2) is 3.89. The van der Waals surface area contributed by atoms with Crippen molar-refractivity contribution in [3.8, 4) is 0 Å². The zero-order valence-electron chi connectivity index (χ0n) is 9.06. The lowest BCUT2D eigenvalue weighted by Crippen LogP contribution is -2.26. The number of rotatable bonds is 2. The molecule has 0 N–H and O–H groups in total. The van der Waals surface area contributed by atoms with Crippen LogP contribution < -0.4 is 0 Å². The molecule has 0 aromatic heterocycles. The average Bonchev–Trinajstić information content (AvgIpc) is 2.59. The Morgan fingerprint density at radius 3 is 2.38 bits per heavy atom. The largest absolute Gasteiger partial charge is 0.351 e. The first-order chi connectivity index (χ1) is 7.59. The number of nitrogens with zero attached hydrogens (tertiary/aromatic N) is 1. The number of hydrogen-bond acceptors (Lipinski definition) is 4. The fraction of sp³-hybridized carbons (Fsp3) is 0.250. The molecule has 1 aromatic carbocycles. The molecule has 16 heavy (non-hydrogen) atoms. The molecule has 4 heteroatoms. The van der Waals surface area contributed by atoms with Gasteiger partial charge in [0.15, 0.2) is 11.7 Å². The maximum atomic E-state index is 12.0. The van der Waals surface area contributed by atoms with Crippen molar-refractivity contribution in [1.29, 1.82) is 0 Å². The average molecular weight is 217 g/mol. The summed E-state index contributed by atoms with van der Waals surface area (Å²) >= 11 is 0. The summed E-state index contributed by atoms with van der Waals surface area (Å²) in [6.07, 6.45) is 0. The van der Waals surface area contributed by atoms with E-state index in [0.29, 0.717) is 11.3 Å². The third-order valence-electron chi connectivity index (χ3n) is 2.53. The second-order valence-corrected chi connectivity index (χ2v) is 3.81. The maximum Gasteiger partial charge on any atom is 0.351 e. The third-order valence-corrected chi connectivity index (χ3v) is 2.53. The molecule has 1 aliphatic heterocycles. The Morgan fingerprint density at radius 1 is 1.25 bits per heavy atom. The fourth-order valence-corrected chi connectivity index (χ4v) is 1.57. The van der Waals surface area contributed by atoms with E-state index in [9.17, 15) is 9.59 Å². The molecule has 1 aliphatic rings. The number of ketones is 1. The van der Waals surface area contributed by atoms with E-state index < -0.39 is 11.9 Å². The molecule has 0 radical (unpaired) electrons. The normalized spacial score (nSPS) is 19.2. The van der Waals surface area contributed by atoms with Crippen molar-refractivity contribution < 1.29 is 14.4 Å². The highest BCUT2D eigenvalue weighted by Gasteiger charge is 2.36. The molecular formula is C12H11NO3. The van der Waals surface area contributed by atoms with Crippen molar-refractivity contribution >= 4 is 17.5 Å². The van der Waals surface area contributed by atoms with Crippen LogP contribution in [0.15, 0.2) is 29.4 Å². The number of Topliss-reactive ketones (excluding diaryl/α,β-unsaturated/α-hetero) is 1. The van der Waals surface area contributed by atoms with Crippen molar-refractivity contribution in [2.75, 3.05) is 0 Å². The summed E-state index contributed by atoms with van der Waals surface area (Å²) in [4.78, 5) is 27.8. The Balaban J connectivity index is 2.29. The van der Waals surface area contributed by atoms with Gasteiger partial charge in [0.1, 0.15) is 0 Å². The number of hydrogen-bond donors (Lipinski definition) is 0. The van der Waals surface area contributed by atoms with E-state index in [1.165, 1.54) is 0 Å². The maximum absolute atomic E-state index is 12.0. The smallest absolute Gasteiger partial charge is 0.317 e. The minimum atomic E-state index is -0.872. The van der Waals surface area contributed by atoms with Gasteiger partial charge in [-0.05, 0) is 13.8 Å². The molecule has 1 unspecified atom stereocenters. The molecule has 82 valence electrons. The van der Waals surface area contributed by atoms with E-state index in [2.05, 4.69) is 9.99 Å². The van der Waals surface area contributed by atoms with Crippen molar-refractivity contribution in [2.45, 2.75) is 13.8 Å². The highest BCUT2D eigenvalue weighted by molar-refractivity contribution is 6.24. The number of aryl methyl sites for hydroxylation is 1. The molecule has 0 aliphatic carbocycles. The highest BCUT2D eigenvalue weighted by Crippen LogP contribution is 2.18. The van der Waals surface area contributed by atoms with Crippen molar-refractivity contribution in [3.63, 3.8) is 0 Å². The predicted octanol–water partition coefficient (Wildman–Crippen LogP) is 1.73. The van der Waals surface area contributed by atoms with Crippen LogP contribution in [0, 0.1) is 12.8 Å². The van der Waals surface area contributed by atoms with Crippen molar-refractivity contribution in [3.05, 3.63) is 35.4 Å². The van der Waals surface area contributed by atoms with Gasteiger partial charge in [-0.15, -0.1) is 0 Å². The Labute approximate surface area is 92.9 Å². The summed E-state index contributed by atoms with van der Waals surface area (Å²) in [6.45, 7) is 3.55. The van der Waals surface area contributed by atoms with Crippen LogP contribution in [0.1, 0.15) is 22.8 Å². The Hall–Kier alpha value is -1.97. The van der Waals surface area contributed by atoms with Gasteiger partial charge in [-0.25, -0.2) is 4.79 Å². The molecule has 1 aromatic rings. The summed E-state index contributed by atoms with van der Waals surface area (Å²) < 4.78 is 0. The summed E-state index contributed by atoms with van der Waals surface area (Å²) in [7, 11) is 0. The van der Waals surface area contributed by atoms with E-state index in [0.717, 1.165) is 5.56 Å². The Kier molecular flexibility index (Phi) is 2.56. The first-order valence-corrected chi connectivity index (χ1v) is 4.96. The Bertz CT molecular complexity index is 474. The SMILES string of the molecule is CC1=NOC(=O)C1C(=O)c1ccc(C)cc1. The van der Waals surface area contributed by atoms with Crippen LogP contribution in [0.5, 0.6) is 0 Å². The molecule has 4 nitrogen and oxygen atoms in total. The van der Waals surface area contributed by atoms with Gasteiger partial charge in [0.05, 0.1) is 5.71 Å². The van der Waals surface area contributed by atoms with Gasteiger partial charge >= 0.3 is 5.97 Å². The number of carbonyl (C=O) groups is 2. The van der Waals surface area contributed by atoms with Crippen LogP contribution in [0.25, 0.3) is 0 Å². The zero-order valence-corrected chi connectivity index (χ0v) is 9.06. The molecule has 0 saturated heterocycles. The van der Waals surface area contributed by atoms with Crippen molar-refractivity contribution in [1.82, 2.24) is 0 Å². The van der Waals surface area contributed by atoms with Crippen molar-refractivity contribution in [2.24, 2.45) is 11.1 Å². The van der Waals surface area contributed by atoms with Crippen LogP contribution in [-0.2, 0) is 9.63 Å². The minimum absolute atomic E-state index is 0.260. The van der Waals surface area contributed by atoms with Crippen LogP contribution in [0.2, 0.25) is 0 Å². The number of carbonyl (C=O) groups excluding carboxylic acids is 2. The van der Waals surface area contributed by atoms with Crippen LogP contribution in [0.4, 0.5) is 0 Å². The van der Waals surface area contributed by atoms with Crippen LogP contribution in [-0.4, -0.2) is 17.5 Å². The summed E-state index contributed by atoms with van der Waals surface area (Å²) in [5, 5.41) is 3.51. The van der Waals surface area contributed by atoms with E-state index >= 15 is 0 Å². The highest BCUT2D eigenvalue weighted by atomic mass is 16.7. The summed E-state index contributed by atoms with van der Waals surface area (Å²) in [5.74, 6) is -1.73. The lowest BCUT2D eigenvalue weighted by atomic mass is 9.94. The first kappa shape index (κ1) is 10.5. The molecule has 0 amide bonds. The van der Waals surface area contributed by atoms with Gasteiger partial charge in [-0.2, -0.15) is 0 Å². The van der Waals surface area contributed by atoms with Crippen LogP contribution in [0.3, 0.4) is 0 Å². The van der Waals surface area contributed by atoms with Gasteiger partial charge < -0.3 is 4.84 Å². The Morgan fingerprint density at radius 2 is 1.88 bits per heavy atom. The van der Waals surface area contributed by atoms with Crippen LogP contribution >= 0.6 is 0 Å². The molecule has 0 bridgehead atoms.